The minimum Gasteiger partial charge on any atom is -0.259 e. The van der Waals surface area contributed by atoms with Crippen LogP contribution in [0.15, 0.2) is 0 Å². The van der Waals surface area contributed by atoms with E-state index in [1.54, 1.807) is 0 Å². The Morgan fingerprint density at radius 1 is 1.57 bits per heavy atom. The third kappa shape index (κ3) is 6.10. The molecule has 4 heteroatoms. The van der Waals surface area contributed by atoms with Gasteiger partial charge in [-0.1, -0.05) is 12.0 Å². The van der Waals surface area contributed by atoms with Gasteiger partial charge in [-0.15, -0.1) is 0 Å². The summed E-state index contributed by atoms with van der Waals surface area (Å²) in [5, 5.41) is 3.99. The van der Waals surface area contributed by atoms with Crippen molar-refractivity contribution >= 4 is 10.5 Å². The van der Waals surface area contributed by atoms with Crippen LogP contribution in [0.25, 0.3) is 0 Å². The maximum Gasteiger partial charge on any atom is 0.307 e. The van der Waals surface area contributed by atoms with Crippen molar-refractivity contribution in [2.24, 2.45) is 0 Å². The molecule has 7 heavy (non-hydrogen) atoms. The van der Waals surface area contributed by atoms with Crippen LogP contribution in [0, 0.1) is 0 Å². The molecule has 0 amide bonds. The fourth-order valence-electron chi connectivity index (χ4n) is 0.141. The summed E-state index contributed by atoms with van der Waals surface area (Å²) in [5.41, 5.74) is 0. The first-order chi connectivity index (χ1) is 3.41. The van der Waals surface area contributed by atoms with Crippen molar-refractivity contribution in [3.63, 3.8) is 0 Å². The molecule has 0 atom stereocenters. The van der Waals surface area contributed by atoms with E-state index in [0.29, 0.717) is 6.61 Å². The lowest BCUT2D eigenvalue weighted by atomic mass is 10.5. The Bertz CT molecular complexity index is 29.4. The average molecular weight is 119 g/mol. The van der Waals surface area contributed by atoms with Crippen molar-refractivity contribution in [1.29, 1.82) is 0 Å². The molecule has 0 saturated carbocycles. The standard InChI is InChI=1S/C3H7O3Si/c1-2-3-4-5-6-7/h2-3H2,1H3. The molecule has 0 aromatic rings. The second-order valence-corrected chi connectivity index (χ2v) is 1.14. The predicted molar refractivity (Wildman–Crippen MR) is 24.2 cm³/mol. The van der Waals surface area contributed by atoms with E-state index in [1.807, 2.05) is 6.92 Å². The molecular formula is C3H7O3Si. The molecule has 0 aliphatic carbocycles. The van der Waals surface area contributed by atoms with Gasteiger partial charge in [-0.3, -0.25) is 4.58 Å². The fourth-order valence-corrected chi connectivity index (χ4v) is 0.190. The van der Waals surface area contributed by atoms with Crippen LogP contribution in [-0.4, -0.2) is 17.1 Å². The molecular weight excluding hydrogens is 112 g/mol. The molecule has 0 fully saturated rings. The van der Waals surface area contributed by atoms with Crippen molar-refractivity contribution in [1.82, 2.24) is 0 Å². The summed E-state index contributed by atoms with van der Waals surface area (Å²) in [6.07, 6.45) is 0.912. The van der Waals surface area contributed by atoms with Crippen LogP contribution in [0.4, 0.5) is 0 Å². The zero-order valence-corrected chi connectivity index (χ0v) is 5.14. The first kappa shape index (κ1) is 7.10. The summed E-state index contributed by atoms with van der Waals surface area (Å²) >= 11 is 0. The number of hydrogen-bond acceptors (Lipinski definition) is 3. The minimum absolute atomic E-state index is 0.546. The molecule has 0 aromatic heterocycles. The molecule has 0 spiro atoms. The average Bonchev–Trinajstić information content (AvgIpc) is 1.69. The smallest absolute Gasteiger partial charge is 0.259 e. The molecule has 0 aliphatic heterocycles. The zero-order chi connectivity index (χ0) is 5.54. The highest BCUT2D eigenvalue weighted by atomic mass is 28.2. The molecule has 0 rings (SSSR count). The maximum atomic E-state index is 4.36. The molecule has 0 heterocycles. The zero-order valence-electron chi connectivity index (χ0n) is 4.14. The summed E-state index contributed by atoms with van der Waals surface area (Å²) < 4.78 is 3.93. The summed E-state index contributed by atoms with van der Waals surface area (Å²) in [7, 11) is 2.57. The van der Waals surface area contributed by atoms with Gasteiger partial charge >= 0.3 is 10.5 Å². The monoisotopic (exact) mass is 119 g/mol. The first-order valence-corrected chi connectivity index (χ1v) is 2.44. The van der Waals surface area contributed by atoms with Crippen LogP contribution in [0.5, 0.6) is 0 Å². The number of hydrogen-bond donors (Lipinski definition) is 0. The Hall–Kier alpha value is 0.0969. The van der Waals surface area contributed by atoms with Gasteiger partial charge in [0.1, 0.15) is 0 Å². The lowest BCUT2D eigenvalue weighted by Gasteiger charge is -1.94. The third-order valence-electron chi connectivity index (χ3n) is 0.370. The normalized spacial score (nSPS) is 9.43. The van der Waals surface area contributed by atoms with Crippen LogP contribution in [0.3, 0.4) is 0 Å². The van der Waals surface area contributed by atoms with Crippen molar-refractivity contribution in [2.75, 3.05) is 6.61 Å². The van der Waals surface area contributed by atoms with Gasteiger partial charge in [-0.05, 0) is 6.42 Å². The predicted octanol–water partition coefficient (Wildman–Crippen LogP) is 0.360. The highest BCUT2D eigenvalue weighted by Gasteiger charge is 1.78. The van der Waals surface area contributed by atoms with E-state index in [4.69, 9.17) is 0 Å². The van der Waals surface area contributed by atoms with Crippen molar-refractivity contribution in [2.45, 2.75) is 13.3 Å². The van der Waals surface area contributed by atoms with Gasteiger partial charge in [0.2, 0.25) is 0 Å². The third-order valence-corrected chi connectivity index (χ3v) is 0.438. The van der Waals surface area contributed by atoms with Crippen molar-refractivity contribution in [3.8, 4) is 0 Å². The van der Waals surface area contributed by atoms with Crippen LogP contribution in [0.1, 0.15) is 13.3 Å². The highest BCUT2D eigenvalue weighted by Crippen LogP contribution is 1.79. The summed E-state index contributed by atoms with van der Waals surface area (Å²) in [5.74, 6) is 0. The molecule has 0 saturated heterocycles. The molecule has 0 bridgehead atoms. The fraction of sp³-hybridized carbons (Fsp3) is 1.00. The molecule has 0 N–H and O–H groups in total. The van der Waals surface area contributed by atoms with Gasteiger partial charge in [0.05, 0.1) is 6.61 Å². The molecule has 3 nitrogen and oxygen atoms in total. The van der Waals surface area contributed by atoms with Gasteiger partial charge < -0.3 is 0 Å². The molecule has 0 unspecified atom stereocenters. The van der Waals surface area contributed by atoms with Crippen LogP contribution >= 0.6 is 0 Å². The minimum atomic E-state index is 0.546. The summed E-state index contributed by atoms with van der Waals surface area (Å²) in [6, 6.07) is 0. The Balaban J connectivity index is 2.45. The van der Waals surface area contributed by atoms with E-state index >= 15 is 0 Å². The molecule has 41 valence electrons. The van der Waals surface area contributed by atoms with E-state index in [2.05, 4.69) is 25.0 Å². The second kappa shape index (κ2) is 6.10. The van der Waals surface area contributed by atoms with Crippen LogP contribution in [-0.2, 0) is 14.5 Å². The maximum absolute atomic E-state index is 4.36. The van der Waals surface area contributed by atoms with E-state index < -0.39 is 0 Å². The topological polar surface area (TPSA) is 27.7 Å². The van der Waals surface area contributed by atoms with Gasteiger partial charge in [-0.25, -0.2) is 4.89 Å². The Labute approximate surface area is 46.0 Å². The first-order valence-electron chi connectivity index (χ1n) is 2.03. The summed E-state index contributed by atoms with van der Waals surface area (Å²) in [4.78, 5) is 4.36. The lowest BCUT2D eigenvalue weighted by Crippen LogP contribution is -1.93. The molecule has 0 aliphatic rings. The van der Waals surface area contributed by atoms with E-state index in [1.165, 1.54) is 0 Å². The Morgan fingerprint density at radius 3 is 2.71 bits per heavy atom. The Morgan fingerprint density at radius 2 is 2.29 bits per heavy atom. The second-order valence-electron chi connectivity index (χ2n) is 0.973. The van der Waals surface area contributed by atoms with Crippen molar-refractivity contribution < 1.29 is 14.5 Å². The van der Waals surface area contributed by atoms with Crippen LogP contribution in [0.2, 0.25) is 0 Å². The SMILES string of the molecule is CCCOOO[Si]. The molecule has 0 aromatic carbocycles. The van der Waals surface area contributed by atoms with Gasteiger partial charge in [-0.2, -0.15) is 0 Å². The lowest BCUT2D eigenvalue weighted by molar-refractivity contribution is -0.466. The van der Waals surface area contributed by atoms with E-state index in [-0.39, 0.29) is 0 Å². The number of rotatable bonds is 4. The quantitative estimate of drug-likeness (QED) is 0.231. The highest BCUT2D eigenvalue weighted by molar-refractivity contribution is 5.97. The summed E-state index contributed by atoms with van der Waals surface area (Å²) in [6.45, 7) is 2.52. The van der Waals surface area contributed by atoms with E-state index in [0.717, 1.165) is 6.42 Å². The van der Waals surface area contributed by atoms with Gasteiger partial charge in [0, 0.05) is 0 Å². The van der Waals surface area contributed by atoms with Crippen LogP contribution < -0.4 is 0 Å². The largest absolute Gasteiger partial charge is 0.307 e. The Kier molecular flexibility index (Phi) is 6.18. The van der Waals surface area contributed by atoms with Gasteiger partial charge in [0.25, 0.3) is 0 Å². The van der Waals surface area contributed by atoms with Gasteiger partial charge in [0.15, 0.2) is 0 Å². The van der Waals surface area contributed by atoms with Crippen molar-refractivity contribution in [3.05, 3.63) is 0 Å². The molecule has 3 radical (unpaired) electrons. The van der Waals surface area contributed by atoms with E-state index in [9.17, 15) is 0 Å².